The van der Waals surface area contributed by atoms with Crippen molar-refractivity contribution in [1.29, 1.82) is 0 Å². The Balaban J connectivity index is 1.92. The van der Waals surface area contributed by atoms with Crippen LogP contribution >= 0.6 is 11.6 Å². The molecule has 1 heterocycles. The topological polar surface area (TPSA) is 93.7 Å². The molecule has 0 saturated heterocycles. The second kappa shape index (κ2) is 7.37. The number of allylic oxidation sites excluding steroid dienone is 1. The minimum absolute atomic E-state index is 0.0660. The Morgan fingerprint density at radius 1 is 1.19 bits per heavy atom. The number of carbonyl (C=O) groups is 3. The van der Waals surface area contributed by atoms with Crippen LogP contribution in [0.2, 0.25) is 5.02 Å². The van der Waals surface area contributed by atoms with Crippen LogP contribution in [0.15, 0.2) is 23.4 Å². The fraction of sp³-hybridized carbons (Fsp3) is 0.389. The van der Waals surface area contributed by atoms with E-state index < -0.39 is 11.8 Å². The van der Waals surface area contributed by atoms with Crippen LogP contribution in [-0.4, -0.2) is 31.8 Å². The average Bonchev–Trinajstić information content (AvgIpc) is 2.62. The van der Waals surface area contributed by atoms with E-state index in [4.69, 9.17) is 21.1 Å². The minimum atomic E-state index is -0.821. The van der Waals surface area contributed by atoms with Gasteiger partial charge in [0, 0.05) is 36.2 Å². The molecular weight excluding hydrogens is 360 g/mol. The molecule has 1 aliphatic heterocycles. The second-order valence-electron chi connectivity index (χ2n) is 6.15. The van der Waals surface area contributed by atoms with Gasteiger partial charge in [-0.2, -0.15) is 0 Å². The number of amides is 2. The molecule has 0 bridgehead atoms. The zero-order chi connectivity index (χ0) is 18.8. The van der Waals surface area contributed by atoms with Crippen molar-refractivity contribution in [1.82, 2.24) is 5.32 Å². The molecule has 0 radical (unpaired) electrons. The van der Waals surface area contributed by atoms with Crippen molar-refractivity contribution in [3.8, 4) is 11.5 Å². The monoisotopic (exact) mass is 378 g/mol. The Bertz CT molecular complexity index is 818. The number of rotatable bonds is 4. The number of carbonyl (C=O) groups excluding carboxylic acids is 3. The van der Waals surface area contributed by atoms with Gasteiger partial charge in [-0.3, -0.25) is 14.4 Å². The van der Waals surface area contributed by atoms with Crippen LogP contribution in [0.5, 0.6) is 11.5 Å². The van der Waals surface area contributed by atoms with E-state index in [2.05, 4.69) is 10.6 Å². The zero-order valence-electron chi connectivity index (χ0n) is 14.5. The van der Waals surface area contributed by atoms with Gasteiger partial charge in [-0.15, -0.1) is 0 Å². The highest BCUT2D eigenvalue weighted by molar-refractivity contribution is 6.32. The maximum atomic E-state index is 12.9. The summed E-state index contributed by atoms with van der Waals surface area (Å²) in [5, 5.41) is 5.80. The van der Waals surface area contributed by atoms with E-state index in [-0.39, 0.29) is 18.1 Å². The fourth-order valence-electron chi connectivity index (χ4n) is 3.31. The van der Waals surface area contributed by atoms with Crippen LogP contribution in [-0.2, 0) is 14.4 Å². The summed E-state index contributed by atoms with van der Waals surface area (Å²) in [7, 11) is 2.91. The molecule has 0 fully saturated rings. The molecule has 8 heteroatoms. The van der Waals surface area contributed by atoms with Crippen molar-refractivity contribution in [2.75, 3.05) is 19.5 Å². The lowest BCUT2D eigenvalue weighted by molar-refractivity contribution is -0.128. The van der Waals surface area contributed by atoms with E-state index in [9.17, 15) is 14.4 Å². The van der Waals surface area contributed by atoms with Crippen LogP contribution in [0, 0.1) is 5.92 Å². The lowest BCUT2D eigenvalue weighted by Crippen LogP contribution is -2.41. The van der Waals surface area contributed by atoms with Crippen molar-refractivity contribution in [3.05, 3.63) is 28.4 Å². The summed E-state index contributed by atoms with van der Waals surface area (Å²) >= 11 is 6.07. The molecular formula is C18H19ClN2O5. The molecule has 3 rings (SSSR count). The molecule has 0 saturated carbocycles. The normalized spacial score (nSPS) is 19.6. The first kappa shape index (κ1) is 18.3. The number of anilines is 1. The molecule has 0 unspecified atom stereocenters. The maximum Gasteiger partial charge on any atom is 0.232 e. The van der Waals surface area contributed by atoms with Gasteiger partial charge < -0.3 is 20.1 Å². The van der Waals surface area contributed by atoms with E-state index in [1.54, 1.807) is 6.07 Å². The number of Topliss-reactive ketones (excluding diaryl/α,β-unsaturated/α-hetero) is 1. The van der Waals surface area contributed by atoms with Gasteiger partial charge in [-0.1, -0.05) is 11.6 Å². The molecule has 1 atom stereocenters. The van der Waals surface area contributed by atoms with Crippen LogP contribution in [0.3, 0.4) is 0 Å². The lowest BCUT2D eigenvalue weighted by atomic mass is 9.81. The largest absolute Gasteiger partial charge is 0.495 e. The first-order valence-corrected chi connectivity index (χ1v) is 8.61. The predicted octanol–water partition coefficient (Wildman–Crippen LogP) is 2.44. The fourth-order valence-corrected chi connectivity index (χ4v) is 3.54. The van der Waals surface area contributed by atoms with Crippen molar-refractivity contribution < 1.29 is 23.9 Å². The van der Waals surface area contributed by atoms with Crippen molar-refractivity contribution in [2.45, 2.75) is 25.7 Å². The highest BCUT2D eigenvalue weighted by Gasteiger charge is 2.38. The van der Waals surface area contributed by atoms with Gasteiger partial charge in [0.1, 0.15) is 11.5 Å². The molecule has 0 spiro atoms. The number of hydrogen-bond donors (Lipinski definition) is 2. The van der Waals surface area contributed by atoms with Gasteiger partial charge in [0.25, 0.3) is 0 Å². The van der Waals surface area contributed by atoms with Gasteiger partial charge in [0.15, 0.2) is 5.78 Å². The van der Waals surface area contributed by atoms with Crippen LogP contribution in [0.1, 0.15) is 25.7 Å². The number of methoxy groups -OCH3 is 2. The van der Waals surface area contributed by atoms with Crippen LogP contribution in [0.25, 0.3) is 0 Å². The van der Waals surface area contributed by atoms with Crippen LogP contribution in [0.4, 0.5) is 5.69 Å². The van der Waals surface area contributed by atoms with Gasteiger partial charge in [-0.25, -0.2) is 0 Å². The van der Waals surface area contributed by atoms with Gasteiger partial charge in [0.2, 0.25) is 11.8 Å². The Labute approximate surface area is 155 Å². The van der Waals surface area contributed by atoms with Crippen molar-refractivity contribution >= 4 is 34.9 Å². The highest BCUT2D eigenvalue weighted by atomic mass is 35.5. The molecule has 26 heavy (non-hydrogen) atoms. The number of ether oxygens (including phenoxy) is 2. The third kappa shape index (κ3) is 3.39. The summed E-state index contributed by atoms with van der Waals surface area (Å²) in [6, 6.07) is 3.07. The summed E-state index contributed by atoms with van der Waals surface area (Å²) in [5.74, 6) is -0.888. The van der Waals surface area contributed by atoms with E-state index in [0.29, 0.717) is 52.7 Å². The Hall–Kier alpha value is -2.54. The maximum absolute atomic E-state index is 12.9. The third-order valence-corrected chi connectivity index (χ3v) is 4.83. The molecule has 2 aliphatic rings. The SMILES string of the molecule is COc1cc(NC(=O)[C@@H]2CC(=O)NC3=C2C(=O)CCC3)c(OC)cc1Cl. The quantitative estimate of drug-likeness (QED) is 0.839. The first-order chi connectivity index (χ1) is 12.4. The molecule has 138 valence electrons. The standard InChI is InChI=1S/C18H19ClN2O5/c1-25-14-8-12(15(26-2)7-10(14)19)21-18(24)9-6-16(23)20-11-4-3-5-13(22)17(9)11/h7-9H,3-6H2,1-2H3,(H,20,23)(H,21,24)/t9-/m1/s1. The number of hydrogen-bond acceptors (Lipinski definition) is 5. The van der Waals surface area contributed by atoms with Gasteiger partial charge >= 0.3 is 0 Å². The lowest BCUT2D eigenvalue weighted by Gasteiger charge is -2.30. The molecule has 0 aromatic heterocycles. The summed E-state index contributed by atoms with van der Waals surface area (Å²) in [6.45, 7) is 0. The van der Waals surface area contributed by atoms with Crippen LogP contribution < -0.4 is 20.1 Å². The van der Waals surface area contributed by atoms with Gasteiger partial charge in [-0.05, 0) is 12.8 Å². The Morgan fingerprint density at radius 2 is 1.92 bits per heavy atom. The van der Waals surface area contributed by atoms with Crippen molar-refractivity contribution in [2.24, 2.45) is 5.92 Å². The predicted molar refractivity (Wildman–Crippen MR) is 95.3 cm³/mol. The second-order valence-corrected chi connectivity index (χ2v) is 6.56. The van der Waals surface area contributed by atoms with E-state index in [1.807, 2.05) is 0 Å². The summed E-state index contributed by atoms with van der Waals surface area (Å²) in [5.41, 5.74) is 1.33. The molecule has 1 aromatic rings. The van der Waals surface area contributed by atoms with E-state index >= 15 is 0 Å². The first-order valence-electron chi connectivity index (χ1n) is 8.23. The van der Waals surface area contributed by atoms with E-state index in [0.717, 1.165) is 0 Å². The number of halogens is 1. The molecule has 2 N–H and O–H groups in total. The smallest absolute Gasteiger partial charge is 0.232 e. The molecule has 7 nitrogen and oxygen atoms in total. The third-order valence-electron chi connectivity index (χ3n) is 4.53. The Morgan fingerprint density at radius 3 is 2.62 bits per heavy atom. The average molecular weight is 379 g/mol. The summed E-state index contributed by atoms with van der Waals surface area (Å²) in [4.78, 5) is 37.1. The molecule has 1 aliphatic carbocycles. The Kier molecular flexibility index (Phi) is 5.18. The zero-order valence-corrected chi connectivity index (χ0v) is 15.2. The minimum Gasteiger partial charge on any atom is -0.495 e. The van der Waals surface area contributed by atoms with Gasteiger partial charge in [0.05, 0.1) is 30.8 Å². The summed E-state index contributed by atoms with van der Waals surface area (Å²) in [6.07, 6.45) is 1.59. The number of benzene rings is 1. The summed E-state index contributed by atoms with van der Waals surface area (Å²) < 4.78 is 10.4. The number of ketones is 1. The number of nitrogens with one attached hydrogen (secondary N) is 2. The highest BCUT2D eigenvalue weighted by Crippen LogP contribution is 2.37. The molecule has 1 aromatic carbocycles. The molecule has 2 amide bonds. The van der Waals surface area contributed by atoms with Crippen molar-refractivity contribution in [3.63, 3.8) is 0 Å². The van der Waals surface area contributed by atoms with E-state index in [1.165, 1.54) is 20.3 Å².